The van der Waals surface area contributed by atoms with E-state index in [4.69, 9.17) is 0 Å². The summed E-state index contributed by atoms with van der Waals surface area (Å²) < 4.78 is 0. The van der Waals surface area contributed by atoms with Crippen LogP contribution in [0.25, 0.3) is 0 Å². The zero-order valence-electron chi connectivity index (χ0n) is 17.4. The van der Waals surface area contributed by atoms with Crippen molar-refractivity contribution in [1.29, 1.82) is 0 Å². The summed E-state index contributed by atoms with van der Waals surface area (Å²) in [4.78, 5) is 11.8. The first kappa shape index (κ1) is 26.6. The maximum absolute atomic E-state index is 11.8. The van der Waals surface area contributed by atoms with Crippen LogP contribution in [0.2, 0.25) is 0 Å². The number of halogens is 1. The van der Waals surface area contributed by atoms with Gasteiger partial charge in [-0.05, 0) is 6.42 Å². The molecule has 0 rings (SSSR count). The molecule has 160 valence electrons. The summed E-state index contributed by atoms with van der Waals surface area (Å²) in [5.74, 6) is -0.324. The molecule has 2 atom stereocenters. The first-order valence-electron chi connectivity index (χ1n) is 10.9. The molecule has 0 heterocycles. The minimum atomic E-state index is -0.713. The lowest BCUT2D eigenvalue weighted by Gasteiger charge is -2.22. The Morgan fingerprint density at radius 2 is 1.37 bits per heavy atom. The molecule has 5 heteroatoms. The van der Waals surface area contributed by atoms with Crippen molar-refractivity contribution in [3.63, 3.8) is 0 Å². The summed E-state index contributed by atoms with van der Waals surface area (Å²) in [5.41, 5.74) is 0.390. The number of carbonyl (C=O) groups is 1. The average molecular weight is 448 g/mol. The molecule has 27 heavy (non-hydrogen) atoms. The third kappa shape index (κ3) is 15.2. The highest BCUT2D eigenvalue weighted by molar-refractivity contribution is 9.09. The van der Waals surface area contributed by atoms with E-state index in [1.165, 1.54) is 70.6 Å². The number of rotatable bonds is 19. The fourth-order valence-corrected chi connectivity index (χ4v) is 3.42. The van der Waals surface area contributed by atoms with Crippen LogP contribution in [0.4, 0.5) is 0 Å². The van der Waals surface area contributed by atoms with Gasteiger partial charge in [-0.15, -0.1) is 0 Å². The standard InChI is InChI=1S/C22H42BrNO3/c1-3-4-5-6-7-8-9-10-11-12-13-14-15-16-21(26)20(18-25)24-22(27)19(2)17-23/h20-21,25-26H,2-18H2,1H3,(H,24,27)/t20-,21+/m0/s1. The van der Waals surface area contributed by atoms with Gasteiger partial charge in [-0.25, -0.2) is 0 Å². The van der Waals surface area contributed by atoms with E-state index in [0.29, 0.717) is 17.3 Å². The van der Waals surface area contributed by atoms with Gasteiger partial charge in [0, 0.05) is 10.9 Å². The van der Waals surface area contributed by atoms with Crippen molar-refractivity contribution < 1.29 is 15.0 Å². The van der Waals surface area contributed by atoms with Gasteiger partial charge in [-0.1, -0.05) is 113 Å². The lowest BCUT2D eigenvalue weighted by Crippen LogP contribution is -2.46. The highest BCUT2D eigenvalue weighted by Crippen LogP contribution is 2.14. The molecule has 1 amide bonds. The number of aliphatic hydroxyl groups is 2. The second-order valence-corrected chi connectivity index (χ2v) is 8.16. The molecule has 0 aromatic rings. The van der Waals surface area contributed by atoms with Gasteiger partial charge in [0.05, 0.1) is 18.8 Å². The lowest BCUT2D eigenvalue weighted by molar-refractivity contribution is -0.119. The maximum Gasteiger partial charge on any atom is 0.247 e. The maximum atomic E-state index is 11.8. The molecular weight excluding hydrogens is 406 g/mol. The molecule has 0 spiro atoms. The molecule has 0 unspecified atom stereocenters. The van der Waals surface area contributed by atoms with Crippen molar-refractivity contribution in [3.05, 3.63) is 12.2 Å². The van der Waals surface area contributed by atoms with Crippen molar-refractivity contribution in [1.82, 2.24) is 5.32 Å². The molecular formula is C22H42BrNO3. The Kier molecular flexibility index (Phi) is 18.7. The van der Waals surface area contributed by atoms with Gasteiger partial charge >= 0.3 is 0 Å². The molecule has 0 aliphatic rings. The largest absolute Gasteiger partial charge is 0.394 e. The third-order valence-corrected chi connectivity index (χ3v) is 5.74. The topological polar surface area (TPSA) is 69.6 Å². The molecule has 0 fully saturated rings. The molecule has 0 aliphatic carbocycles. The number of hydrogen-bond donors (Lipinski definition) is 3. The van der Waals surface area contributed by atoms with E-state index < -0.39 is 12.1 Å². The van der Waals surface area contributed by atoms with Gasteiger partial charge in [0.2, 0.25) is 5.91 Å². The van der Waals surface area contributed by atoms with Gasteiger partial charge in [0.25, 0.3) is 0 Å². The Bertz CT molecular complexity index is 377. The second-order valence-electron chi connectivity index (χ2n) is 7.60. The molecule has 3 N–H and O–H groups in total. The Morgan fingerprint density at radius 3 is 1.78 bits per heavy atom. The predicted molar refractivity (Wildman–Crippen MR) is 118 cm³/mol. The summed E-state index contributed by atoms with van der Waals surface area (Å²) >= 11 is 3.18. The number of hydrogen-bond acceptors (Lipinski definition) is 3. The first-order chi connectivity index (χ1) is 13.1. The van der Waals surface area contributed by atoms with Crippen LogP contribution < -0.4 is 5.32 Å². The Balaban J connectivity index is 3.57. The zero-order valence-corrected chi connectivity index (χ0v) is 18.9. The van der Waals surface area contributed by atoms with Crippen LogP contribution in [0.15, 0.2) is 12.2 Å². The second kappa shape index (κ2) is 18.9. The van der Waals surface area contributed by atoms with Crippen molar-refractivity contribution in [2.45, 2.75) is 109 Å². The number of carbonyl (C=O) groups excluding carboxylic acids is 1. The number of alkyl halides is 1. The Morgan fingerprint density at radius 1 is 0.926 bits per heavy atom. The van der Waals surface area contributed by atoms with Crippen LogP contribution in [0.3, 0.4) is 0 Å². The number of nitrogens with one attached hydrogen (secondary N) is 1. The van der Waals surface area contributed by atoms with Gasteiger partial charge < -0.3 is 15.5 Å². The summed E-state index contributed by atoms with van der Waals surface area (Å²) in [7, 11) is 0. The van der Waals surface area contributed by atoms with Gasteiger partial charge in [-0.2, -0.15) is 0 Å². The van der Waals surface area contributed by atoms with Crippen molar-refractivity contribution >= 4 is 21.8 Å². The van der Waals surface area contributed by atoms with Crippen LogP contribution in [-0.2, 0) is 4.79 Å². The fourth-order valence-electron chi connectivity index (χ4n) is 3.17. The van der Waals surface area contributed by atoms with Crippen LogP contribution >= 0.6 is 15.9 Å². The fraction of sp³-hybridized carbons (Fsp3) is 0.864. The molecule has 0 bridgehead atoms. The van der Waals surface area contributed by atoms with E-state index in [1.54, 1.807) is 0 Å². The third-order valence-electron chi connectivity index (χ3n) is 5.06. The van der Waals surface area contributed by atoms with E-state index in [0.717, 1.165) is 12.8 Å². The average Bonchev–Trinajstić information content (AvgIpc) is 2.68. The summed E-state index contributed by atoms with van der Waals surface area (Å²) in [6, 6.07) is -0.620. The van der Waals surface area contributed by atoms with Gasteiger partial charge in [0.1, 0.15) is 0 Å². The number of aliphatic hydroxyl groups excluding tert-OH is 2. The Hall–Kier alpha value is -0.390. The van der Waals surface area contributed by atoms with E-state index in [9.17, 15) is 15.0 Å². The van der Waals surface area contributed by atoms with E-state index in [-0.39, 0.29) is 12.5 Å². The van der Waals surface area contributed by atoms with Crippen LogP contribution in [0, 0.1) is 0 Å². The molecule has 0 aliphatic heterocycles. The normalized spacial score (nSPS) is 13.3. The van der Waals surface area contributed by atoms with E-state index in [2.05, 4.69) is 34.7 Å². The molecule has 4 nitrogen and oxygen atoms in total. The minimum Gasteiger partial charge on any atom is -0.394 e. The highest BCUT2D eigenvalue weighted by Gasteiger charge is 2.20. The van der Waals surface area contributed by atoms with Crippen LogP contribution in [0.1, 0.15) is 96.8 Å². The monoisotopic (exact) mass is 447 g/mol. The van der Waals surface area contributed by atoms with E-state index in [1.807, 2.05) is 0 Å². The van der Waals surface area contributed by atoms with Crippen LogP contribution in [0.5, 0.6) is 0 Å². The molecule has 0 saturated heterocycles. The predicted octanol–water partition coefficient (Wildman–Crippen LogP) is 5.26. The number of unbranched alkanes of at least 4 members (excludes halogenated alkanes) is 12. The lowest BCUT2D eigenvalue weighted by atomic mass is 10.0. The minimum absolute atomic E-state index is 0.263. The quantitative estimate of drug-likeness (QED) is 0.144. The Labute approximate surface area is 175 Å². The summed E-state index contributed by atoms with van der Waals surface area (Å²) in [6.07, 6.45) is 16.6. The first-order valence-corrected chi connectivity index (χ1v) is 12.0. The number of amides is 1. The SMILES string of the molecule is C=C(CBr)C(=O)N[C@@H](CO)[C@H](O)CCCCCCCCCCCCCCC. The van der Waals surface area contributed by atoms with Crippen LogP contribution in [-0.4, -0.2) is 40.2 Å². The smallest absolute Gasteiger partial charge is 0.247 e. The molecule has 0 radical (unpaired) electrons. The van der Waals surface area contributed by atoms with Gasteiger partial charge in [-0.3, -0.25) is 4.79 Å². The molecule has 0 aromatic heterocycles. The zero-order chi connectivity index (χ0) is 20.3. The molecule has 0 aromatic carbocycles. The summed E-state index contributed by atoms with van der Waals surface area (Å²) in [6.45, 7) is 5.63. The van der Waals surface area contributed by atoms with Crippen molar-refractivity contribution in [2.75, 3.05) is 11.9 Å². The van der Waals surface area contributed by atoms with Gasteiger partial charge in [0.15, 0.2) is 0 Å². The van der Waals surface area contributed by atoms with Crippen molar-refractivity contribution in [3.8, 4) is 0 Å². The van der Waals surface area contributed by atoms with E-state index >= 15 is 0 Å². The highest BCUT2D eigenvalue weighted by atomic mass is 79.9. The summed E-state index contributed by atoms with van der Waals surface area (Å²) in [5, 5.41) is 22.6. The molecule has 0 saturated carbocycles. The van der Waals surface area contributed by atoms with Crippen molar-refractivity contribution in [2.24, 2.45) is 0 Å².